The third-order valence-corrected chi connectivity index (χ3v) is 4.00. The third kappa shape index (κ3) is 3.90. The molecule has 0 heterocycles. The van der Waals surface area contributed by atoms with Gasteiger partial charge in [-0.3, -0.25) is 19.7 Å². The largest absolute Gasteiger partial charge is 0.355 e. The van der Waals surface area contributed by atoms with E-state index < -0.39 is 10.8 Å². The van der Waals surface area contributed by atoms with Crippen molar-refractivity contribution in [3.05, 3.63) is 63.7 Å². The van der Waals surface area contributed by atoms with E-state index in [4.69, 9.17) is 0 Å². The lowest BCUT2D eigenvalue weighted by molar-refractivity contribution is -0.385. The number of nitrogens with one attached hydrogen (secondary N) is 2. The van der Waals surface area contributed by atoms with Crippen molar-refractivity contribution in [1.29, 1.82) is 0 Å². The van der Waals surface area contributed by atoms with E-state index in [1.807, 2.05) is 6.26 Å². The van der Waals surface area contributed by atoms with Crippen molar-refractivity contribution in [2.24, 2.45) is 0 Å². The SMILES string of the molecule is CNC(=O)c1ccc(NC(=O)c2cc(SC)ccc2[N+](=O)[O-])cc1. The highest BCUT2D eigenvalue weighted by atomic mass is 32.2. The predicted molar refractivity (Wildman–Crippen MR) is 92.7 cm³/mol. The van der Waals surface area contributed by atoms with Crippen LogP contribution in [-0.4, -0.2) is 30.0 Å². The molecule has 2 aromatic rings. The summed E-state index contributed by atoms with van der Waals surface area (Å²) in [4.78, 5) is 35.1. The Balaban J connectivity index is 2.26. The van der Waals surface area contributed by atoms with Gasteiger partial charge in [0.1, 0.15) is 5.56 Å². The molecule has 2 rings (SSSR count). The highest BCUT2D eigenvalue weighted by Gasteiger charge is 2.20. The van der Waals surface area contributed by atoms with Crippen molar-refractivity contribution in [3.63, 3.8) is 0 Å². The number of hydrogen-bond donors (Lipinski definition) is 2. The van der Waals surface area contributed by atoms with Crippen LogP contribution in [0.15, 0.2) is 47.4 Å². The number of benzene rings is 2. The van der Waals surface area contributed by atoms with E-state index in [0.29, 0.717) is 11.3 Å². The second-order valence-electron chi connectivity index (χ2n) is 4.75. The third-order valence-electron chi connectivity index (χ3n) is 3.28. The maximum atomic E-state index is 12.4. The molecule has 7 nitrogen and oxygen atoms in total. The van der Waals surface area contributed by atoms with Crippen LogP contribution in [0.2, 0.25) is 0 Å². The molecule has 0 aromatic heterocycles. The van der Waals surface area contributed by atoms with Gasteiger partial charge in [-0.2, -0.15) is 0 Å². The summed E-state index contributed by atoms with van der Waals surface area (Å²) in [6.45, 7) is 0. The van der Waals surface area contributed by atoms with Crippen molar-refractivity contribution < 1.29 is 14.5 Å². The van der Waals surface area contributed by atoms with Crippen LogP contribution in [-0.2, 0) is 0 Å². The number of carbonyl (C=O) groups excluding carboxylic acids is 2. The van der Waals surface area contributed by atoms with Crippen molar-refractivity contribution in [2.75, 3.05) is 18.6 Å². The van der Waals surface area contributed by atoms with Gasteiger partial charge < -0.3 is 10.6 Å². The van der Waals surface area contributed by atoms with Crippen LogP contribution in [0.25, 0.3) is 0 Å². The Bertz CT molecular complexity index is 790. The van der Waals surface area contributed by atoms with Crippen molar-refractivity contribution in [3.8, 4) is 0 Å². The minimum atomic E-state index is -0.590. The maximum absolute atomic E-state index is 12.4. The average molecular weight is 345 g/mol. The molecule has 0 saturated carbocycles. The van der Waals surface area contributed by atoms with Crippen LogP contribution in [0.5, 0.6) is 0 Å². The number of nitro benzene ring substituents is 1. The molecule has 0 fully saturated rings. The smallest absolute Gasteiger partial charge is 0.282 e. The fourth-order valence-electron chi connectivity index (χ4n) is 2.03. The maximum Gasteiger partial charge on any atom is 0.282 e. The number of carbonyl (C=O) groups is 2. The molecule has 0 radical (unpaired) electrons. The zero-order valence-electron chi connectivity index (χ0n) is 13.0. The molecule has 24 heavy (non-hydrogen) atoms. The van der Waals surface area contributed by atoms with Gasteiger partial charge >= 0.3 is 0 Å². The van der Waals surface area contributed by atoms with E-state index in [-0.39, 0.29) is 17.2 Å². The first-order valence-electron chi connectivity index (χ1n) is 6.92. The van der Waals surface area contributed by atoms with Gasteiger partial charge in [-0.25, -0.2) is 0 Å². The number of nitro groups is 1. The predicted octanol–water partition coefficient (Wildman–Crippen LogP) is 2.93. The summed E-state index contributed by atoms with van der Waals surface area (Å²) in [5, 5.41) is 16.2. The van der Waals surface area contributed by atoms with E-state index in [2.05, 4.69) is 10.6 Å². The standard InChI is InChI=1S/C16H15N3O4S/c1-17-15(20)10-3-5-11(6-4-10)18-16(21)13-9-12(24-2)7-8-14(13)19(22)23/h3-9H,1-2H3,(H,17,20)(H,18,21). The number of anilines is 1. The topological polar surface area (TPSA) is 101 Å². The van der Waals surface area contributed by atoms with Gasteiger partial charge in [0.25, 0.3) is 17.5 Å². The summed E-state index contributed by atoms with van der Waals surface area (Å²) in [6.07, 6.45) is 1.82. The van der Waals surface area contributed by atoms with Crippen LogP contribution in [0.4, 0.5) is 11.4 Å². The summed E-state index contributed by atoms with van der Waals surface area (Å²) in [7, 11) is 1.52. The molecule has 124 valence electrons. The van der Waals surface area contributed by atoms with Gasteiger partial charge in [0.15, 0.2) is 0 Å². The van der Waals surface area contributed by atoms with E-state index in [1.165, 1.54) is 30.9 Å². The first-order valence-corrected chi connectivity index (χ1v) is 8.14. The van der Waals surface area contributed by atoms with Gasteiger partial charge in [0.2, 0.25) is 0 Å². The van der Waals surface area contributed by atoms with Gasteiger partial charge in [0.05, 0.1) is 4.92 Å². The van der Waals surface area contributed by atoms with E-state index in [9.17, 15) is 19.7 Å². The van der Waals surface area contributed by atoms with Crippen LogP contribution >= 0.6 is 11.8 Å². The number of amides is 2. The second-order valence-corrected chi connectivity index (χ2v) is 5.63. The monoisotopic (exact) mass is 345 g/mol. The van der Waals surface area contributed by atoms with Gasteiger partial charge in [-0.05, 0) is 42.7 Å². The minimum Gasteiger partial charge on any atom is -0.355 e. The van der Waals surface area contributed by atoms with Crippen molar-refractivity contribution in [1.82, 2.24) is 5.32 Å². The van der Waals surface area contributed by atoms with Gasteiger partial charge in [0, 0.05) is 29.3 Å². The van der Waals surface area contributed by atoms with Gasteiger partial charge in [-0.15, -0.1) is 11.8 Å². The molecule has 2 amide bonds. The van der Waals surface area contributed by atoms with Crippen molar-refractivity contribution in [2.45, 2.75) is 4.90 Å². The molecule has 0 aliphatic heterocycles. The molecular formula is C16H15N3O4S. The highest BCUT2D eigenvalue weighted by molar-refractivity contribution is 7.98. The number of nitrogens with zero attached hydrogens (tertiary/aromatic N) is 1. The fraction of sp³-hybridized carbons (Fsp3) is 0.125. The van der Waals surface area contributed by atoms with Crippen LogP contribution in [0, 0.1) is 10.1 Å². The minimum absolute atomic E-state index is 0.0118. The lowest BCUT2D eigenvalue weighted by Gasteiger charge is -2.08. The Morgan fingerprint density at radius 2 is 1.75 bits per heavy atom. The van der Waals surface area contributed by atoms with E-state index in [0.717, 1.165) is 4.90 Å². The first-order chi connectivity index (χ1) is 11.5. The summed E-state index contributed by atoms with van der Waals surface area (Å²) < 4.78 is 0. The molecule has 2 N–H and O–H groups in total. The molecule has 0 spiro atoms. The summed E-state index contributed by atoms with van der Waals surface area (Å²) in [6, 6.07) is 10.6. The molecule has 0 aliphatic rings. The Morgan fingerprint density at radius 1 is 1.08 bits per heavy atom. The average Bonchev–Trinajstić information content (AvgIpc) is 2.60. The van der Waals surface area contributed by atoms with E-state index in [1.54, 1.807) is 30.3 Å². The molecular weight excluding hydrogens is 330 g/mol. The Hall–Kier alpha value is -2.87. The summed E-state index contributed by atoms with van der Waals surface area (Å²) >= 11 is 1.39. The lowest BCUT2D eigenvalue weighted by Crippen LogP contribution is -2.18. The first kappa shape index (κ1) is 17.5. The Labute approximate surface area is 142 Å². The number of hydrogen-bond acceptors (Lipinski definition) is 5. The summed E-state index contributed by atoms with van der Waals surface area (Å²) in [5.74, 6) is -0.818. The molecule has 2 aromatic carbocycles. The zero-order chi connectivity index (χ0) is 17.7. The lowest BCUT2D eigenvalue weighted by atomic mass is 10.1. The molecule has 0 saturated heterocycles. The molecule has 0 atom stereocenters. The number of thioether (sulfide) groups is 1. The Kier molecular flexibility index (Phi) is 5.54. The number of rotatable bonds is 5. The van der Waals surface area contributed by atoms with Crippen LogP contribution in [0.3, 0.4) is 0 Å². The van der Waals surface area contributed by atoms with Crippen LogP contribution in [0.1, 0.15) is 20.7 Å². The normalized spacial score (nSPS) is 10.1. The highest BCUT2D eigenvalue weighted by Crippen LogP contribution is 2.25. The van der Waals surface area contributed by atoms with Crippen LogP contribution < -0.4 is 10.6 Å². The zero-order valence-corrected chi connectivity index (χ0v) is 13.8. The quantitative estimate of drug-likeness (QED) is 0.493. The van der Waals surface area contributed by atoms with E-state index >= 15 is 0 Å². The Morgan fingerprint density at radius 3 is 2.29 bits per heavy atom. The van der Waals surface area contributed by atoms with Gasteiger partial charge in [-0.1, -0.05) is 0 Å². The second kappa shape index (κ2) is 7.60. The molecule has 0 unspecified atom stereocenters. The fourth-order valence-corrected chi connectivity index (χ4v) is 2.47. The molecule has 8 heteroatoms. The van der Waals surface area contributed by atoms with Crippen molar-refractivity contribution >= 4 is 35.0 Å². The molecule has 0 bridgehead atoms. The molecule has 0 aliphatic carbocycles. The summed E-state index contributed by atoms with van der Waals surface area (Å²) in [5.41, 5.74) is 0.622.